The van der Waals surface area contributed by atoms with Gasteiger partial charge in [0, 0.05) is 0 Å². The van der Waals surface area contributed by atoms with Crippen molar-refractivity contribution in [2.75, 3.05) is 0 Å². The Hall–Kier alpha value is -0.200. The van der Waals surface area contributed by atoms with Gasteiger partial charge in [-0.05, 0) is 6.92 Å². The fraction of sp³-hybridized carbons (Fsp3) is 1.00. The minimum Gasteiger partial charge on any atom is -0.302 e. The van der Waals surface area contributed by atoms with Gasteiger partial charge in [-0.2, -0.15) is 0 Å². The Bertz CT molecular complexity index is 40.7. The van der Waals surface area contributed by atoms with Crippen molar-refractivity contribution in [2.45, 2.75) is 13.1 Å². The van der Waals surface area contributed by atoms with E-state index in [4.69, 9.17) is 11.0 Å². The van der Waals surface area contributed by atoms with Crippen LogP contribution >= 0.6 is 0 Å². The average molecular weight is 106 g/mol. The lowest BCUT2D eigenvalue weighted by Crippen LogP contribution is -2.48. The molecule has 0 aliphatic carbocycles. The molecule has 0 rings (SSSR count). The van der Waals surface area contributed by atoms with Crippen LogP contribution in [0, 0.1) is 0 Å². The van der Waals surface area contributed by atoms with Crippen molar-refractivity contribution in [3.63, 3.8) is 0 Å². The van der Waals surface area contributed by atoms with E-state index in [-0.39, 0.29) is 6.17 Å². The molecular formula is C2H10N4O. The van der Waals surface area contributed by atoms with Crippen molar-refractivity contribution >= 4 is 0 Å². The molecule has 0 aromatic carbocycles. The van der Waals surface area contributed by atoms with Gasteiger partial charge >= 0.3 is 0 Å². The van der Waals surface area contributed by atoms with Crippen LogP contribution in [-0.2, 0) is 0 Å². The smallest absolute Gasteiger partial charge is 0.0823 e. The summed E-state index contributed by atoms with van der Waals surface area (Å²) in [4.78, 5) is 0. The van der Waals surface area contributed by atoms with Gasteiger partial charge in [0.15, 0.2) is 0 Å². The number of hydrogen-bond donors (Lipinski definition) is 5. The maximum atomic E-state index is 7.91. The highest BCUT2D eigenvalue weighted by Gasteiger charge is 1.89. The molecule has 0 aliphatic rings. The van der Waals surface area contributed by atoms with Gasteiger partial charge in [0.2, 0.25) is 0 Å². The third kappa shape index (κ3) is 3.64. The highest BCUT2D eigenvalue weighted by molar-refractivity contribution is 4.41. The molecule has 0 saturated heterocycles. The molecule has 0 aromatic heterocycles. The molecule has 0 heterocycles. The first-order valence-corrected chi connectivity index (χ1v) is 1.92. The maximum Gasteiger partial charge on any atom is 0.0823 e. The molecule has 1 atom stereocenters. The number of hydrogen-bond acceptors (Lipinski definition) is 5. The van der Waals surface area contributed by atoms with Gasteiger partial charge in [-0.25, -0.2) is 10.9 Å². The second-order valence-electron chi connectivity index (χ2n) is 1.14. The summed E-state index contributed by atoms with van der Waals surface area (Å²) in [5.41, 5.74) is 6.42. The summed E-state index contributed by atoms with van der Waals surface area (Å²) in [6, 6.07) is 0. The quantitative estimate of drug-likeness (QED) is 0.168. The standard InChI is InChI=1S/C2H10N4O/c1-2(4-3)5-6-7/h2,4-7H,3H2,1H3. The van der Waals surface area contributed by atoms with Gasteiger partial charge in [0.25, 0.3) is 0 Å². The van der Waals surface area contributed by atoms with E-state index in [2.05, 4.69) is 10.9 Å². The Balaban J connectivity index is 2.83. The molecule has 6 N–H and O–H groups in total. The number of rotatable bonds is 3. The SMILES string of the molecule is CC(NN)NNO. The summed E-state index contributed by atoms with van der Waals surface area (Å²) >= 11 is 0. The molecule has 0 aromatic rings. The summed E-state index contributed by atoms with van der Waals surface area (Å²) in [6.45, 7) is 1.74. The molecule has 5 nitrogen and oxygen atoms in total. The van der Waals surface area contributed by atoms with Crippen LogP contribution in [0.5, 0.6) is 0 Å². The van der Waals surface area contributed by atoms with Gasteiger partial charge in [0.05, 0.1) is 6.17 Å². The van der Waals surface area contributed by atoms with E-state index >= 15 is 0 Å². The lowest BCUT2D eigenvalue weighted by atomic mass is 10.6. The third-order valence-corrected chi connectivity index (χ3v) is 0.531. The van der Waals surface area contributed by atoms with Crippen LogP contribution in [0.3, 0.4) is 0 Å². The number of nitrogens with one attached hydrogen (secondary N) is 3. The van der Waals surface area contributed by atoms with Crippen LogP contribution in [0.4, 0.5) is 0 Å². The number of nitrogens with two attached hydrogens (primary N) is 1. The van der Waals surface area contributed by atoms with Crippen molar-refractivity contribution < 1.29 is 5.21 Å². The van der Waals surface area contributed by atoms with E-state index in [9.17, 15) is 0 Å². The summed E-state index contributed by atoms with van der Waals surface area (Å²) in [5.74, 6) is 4.89. The summed E-state index contributed by atoms with van der Waals surface area (Å²) in [6.07, 6.45) is -0.134. The van der Waals surface area contributed by atoms with Crippen molar-refractivity contribution in [2.24, 2.45) is 5.84 Å². The molecular weight excluding hydrogens is 96.0 g/mol. The first kappa shape index (κ1) is 6.80. The highest BCUT2D eigenvalue weighted by atomic mass is 16.5. The molecule has 0 amide bonds. The Kier molecular flexibility index (Phi) is 3.86. The molecule has 0 radical (unpaired) electrons. The van der Waals surface area contributed by atoms with E-state index in [1.807, 2.05) is 0 Å². The van der Waals surface area contributed by atoms with Gasteiger partial charge in [-0.15, -0.1) is 5.59 Å². The number of hydrazine groups is 2. The van der Waals surface area contributed by atoms with Crippen molar-refractivity contribution in [3.8, 4) is 0 Å². The topological polar surface area (TPSA) is 82.3 Å². The molecule has 1 unspecified atom stereocenters. The predicted octanol–water partition coefficient (Wildman–Crippen LogP) is -1.72. The summed E-state index contributed by atoms with van der Waals surface area (Å²) < 4.78 is 0. The average Bonchev–Trinajstić information content (AvgIpc) is 1.68. The second-order valence-corrected chi connectivity index (χ2v) is 1.14. The summed E-state index contributed by atoms with van der Waals surface area (Å²) in [7, 11) is 0. The van der Waals surface area contributed by atoms with Crippen LogP contribution in [0.15, 0.2) is 0 Å². The zero-order valence-corrected chi connectivity index (χ0v) is 4.10. The van der Waals surface area contributed by atoms with Crippen LogP contribution < -0.4 is 22.3 Å². The van der Waals surface area contributed by atoms with E-state index in [1.165, 1.54) is 0 Å². The lowest BCUT2D eigenvalue weighted by molar-refractivity contribution is 0.101. The largest absolute Gasteiger partial charge is 0.302 e. The Morgan fingerprint density at radius 1 is 1.71 bits per heavy atom. The van der Waals surface area contributed by atoms with Gasteiger partial charge < -0.3 is 5.21 Å². The van der Waals surface area contributed by atoms with E-state index in [1.54, 1.807) is 12.5 Å². The van der Waals surface area contributed by atoms with Gasteiger partial charge in [-0.3, -0.25) is 5.84 Å². The van der Waals surface area contributed by atoms with E-state index in [0.717, 1.165) is 0 Å². The first-order chi connectivity index (χ1) is 3.31. The van der Waals surface area contributed by atoms with Crippen LogP contribution in [0.2, 0.25) is 0 Å². The zero-order chi connectivity index (χ0) is 5.70. The minimum atomic E-state index is -0.134. The van der Waals surface area contributed by atoms with Crippen LogP contribution in [-0.4, -0.2) is 11.4 Å². The van der Waals surface area contributed by atoms with Crippen LogP contribution in [0.25, 0.3) is 0 Å². The van der Waals surface area contributed by atoms with E-state index in [0.29, 0.717) is 0 Å². The fourth-order valence-corrected chi connectivity index (χ4v) is 0.138. The molecule has 44 valence electrons. The van der Waals surface area contributed by atoms with Crippen molar-refractivity contribution in [1.82, 2.24) is 16.4 Å². The molecule has 0 aliphatic heterocycles. The Morgan fingerprint density at radius 2 is 2.29 bits per heavy atom. The molecule has 0 bridgehead atoms. The predicted molar refractivity (Wildman–Crippen MR) is 24.8 cm³/mol. The highest BCUT2D eigenvalue weighted by Crippen LogP contribution is 1.59. The van der Waals surface area contributed by atoms with E-state index < -0.39 is 0 Å². The lowest BCUT2D eigenvalue weighted by Gasteiger charge is -2.07. The molecule has 5 heteroatoms. The zero-order valence-electron chi connectivity index (χ0n) is 4.10. The monoisotopic (exact) mass is 106 g/mol. The Labute approximate surface area is 41.8 Å². The third-order valence-electron chi connectivity index (χ3n) is 0.531. The molecule has 0 saturated carbocycles. The normalized spacial score (nSPS) is 14.1. The maximum absolute atomic E-state index is 7.91. The van der Waals surface area contributed by atoms with Crippen LogP contribution in [0.1, 0.15) is 6.92 Å². The first-order valence-electron chi connectivity index (χ1n) is 1.92. The van der Waals surface area contributed by atoms with Gasteiger partial charge in [0.1, 0.15) is 0 Å². The Morgan fingerprint density at radius 3 is 2.43 bits per heavy atom. The molecule has 0 fully saturated rings. The van der Waals surface area contributed by atoms with Crippen molar-refractivity contribution in [3.05, 3.63) is 0 Å². The van der Waals surface area contributed by atoms with Gasteiger partial charge in [-0.1, -0.05) is 0 Å². The fourth-order valence-electron chi connectivity index (χ4n) is 0.138. The molecule has 7 heavy (non-hydrogen) atoms. The minimum absolute atomic E-state index is 0.134. The second kappa shape index (κ2) is 3.97. The van der Waals surface area contributed by atoms with Crippen molar-refractivity contribution in [1.29, 1.82) is 0 Å². The summed E-state index contributed by atoms with van der Waals surface area (Å²) in [5, 5.41) is 7.91. The molecule has 0 spiro atoms.